The van der Waals surface area contributed by atoms with Crippen LogP contribution in [-0.4, -0.2) is 40.5 Å². The van der Waals surface area contributed by atoms with E-state index < -0.39 is 5.97 Å². The minimum Gasteiger partial charge on any atom is -0.481 e. The Morgan fingerprint density at radius 3 is 2.19 bits per heavy atom. The molecule has 16 heavy (non-hydrogen) atoms. The molecule has 0 aliphatic carbocycles. The van der Waals surface area contributed by atoms with Crippen LogP contribution in [-0.2, 0) is 9.59 Å². The number of hydrogen-bond donors (Lipinski definition) is 2. The van der Waals surface area contributed by atoms with Crippen molar-refractivity contribution in [2.24, 2.45) is 11.7 Å². The number of carboxylic acid groups (broad SMARTS) is 1. The molecule has 0 aromatic heterocycles. The van der Waals surface area contributed by atoms with Gasteiger partial charge in [0.1, 0.15) is 0 Å². The fraction of sp³-hybridized carbons (Fsp3) is 0.818. The van der Waals surface area contributed by atoms with Crippen molar-refractivity contribution in [2.45, 2.75) is 39.7 Å². The lowest BCUT2D eigenvalue weighted by Crippen LogP contribution is -2.46. The summed E-state index contributed by atoms with van der Waals surface area (Å²) in [6.07, 6.45) is 0.0722. The highest BCUT2D eigenvalue weighted by Crippen LogP contribution is 2.15. The van der Waals surface area contributed by atoms with E-state index in [4.69, 9.17) is 10.8 Å². The first-order valence-corrected chi connectivity index (χ1v) is 5.40. The largest absolute Gasteiger partial charge is 0.481 e. The molecule has 0 aromatic rings. The molecule has 0 saturated heterocycles. The summed E-state index contributed by atoms with van der Waals surface area (Å²) in [4.78, 5) is 23.5. The second-order valence-corrected chi connectivity index (χ2v) is 5.06. The van der Waals surface area contributed by atoms with Gasteiger partial charge in [0.15, 0.2) is 0 Å². The second kappa shape index (κ2) is 5.84. The summed E-state index contributed by atoms with van der Waals surface area (Å²) in [5.74, 6) is -1.46. The van der Waals surface area contributed by atoms with Crippen LogP contribution in [0.25, 0.3) is 0 Å². The average Bonchev–Trinajstić information content (AvgIpc) is 2.09. The molecule has 0 spiro atoms. The third kappa shape index (κ3) is 5.70. The molecule has 1 atom stereocenters. The molecule has 0 aliphatic heterocycles. The van der Waals surface area contributed by atoms with Gasteiger partial charge in [0.05, 0.1) is 6.42 Å². The monoisotopic (exact) mass is 230 g/mol. The first kappa shape index (κ1) is 14.9. The Bertz CT molecular complexity index is 258. The highest BCUT2D eigenvalue weighted by atomic mass is 16.4. The SMILES string of the molecule is CC(CN(CCC(=O)O)C(C)(C)C)C(N)=O. The Kier molecular flexibility index (Phi) is 5.44. The van der Waals surface area contributed by atoms with Gasteiger partial charge in [-0.05, 0) is 20.8 Å². The molecule has 0 rings (SSSR count). The van der Waals surface area contributed by atoms with E-state index in [-0.39, 0.29) is 23.8 Å². The van der Waals surface area contributed by atoms with Crippen LogP contribution < -0.4 is 5.73 Å². The maximum absolute atomic E-state index is 11.0. The molecule has 0 aromatic carbocycles. The van der Waals surface area contributed by atoms with E-state index in [2.05, 4.69) is 0 Å². The zero-order valence-corrected chi connectivity index (χ0v) is 10.5. The number of carbonyl (C=O) groups is 2. The van der Waals surface area contributed by atoms with E-state index in [9.17, 15) is 9.59 Å². The number of nitrogens with two attached hydrogens (primary N) is 1. The third-order valence-corrected chi connectivity index (χ3v) is 2.52. The van der Waals surface area contributed by atoms with Crippen molar-refractivity contribution in [2.75, 3.05) is 13.1 Å². The van der Waals surface area contributed by atoms with Gasteiger partial charge in [-0.2, -0.15) is 0 Å². The summed E-state index contributed by atoms with van der Waals surface area (Å²) in [6.45, 7) is 8.64. The number of amides is 1. The topological polar surface area (TPSA) is 83.6 Å². The summed E-state index contributed by atoms with van der Waals surface area (Å²) in [5, 5.41) is 8.65. The molecule has 0 heterocycles. The van der Waals surface area contributed by atoms with Crippen LogP contribution in [0.5, 0.6) is 0 Å². The van der Waals surface area contributed by atoms with Gasteiger partial charge in [0.2, 0.25) is 5.91 Å². The smallest absolute Gasteiger partial charge is 0.304 e. The molecule has 94 valence electrons. The summed E-state index contributed by atoms with van der Waals surface area (Å²) in [6, 6.07) is 0. The molecule has 3 N–H and O–H groups in total. The average molecular weight is 230 g/mol. The van der Waals surface area contributed by atoms with Gasteiger partial charge >= 0.3 is 5.97 Å². The predicted molar refractivity (Wildman–Crippen MR) is 61.9 cm³/mol. The molecule has 1 unspecified atom stereocenters. The van der Waals surface area contributed by atoms with E-state index in [0.29, 0.717) is 13.1 Å². The van der Waals surface area contributed by atoms with Crippen LogP contribution in [0, 0.1) is 5.92 Å². The molecule has 0 radical (unpaired) electrons. The zero-order valence-electron chi connectivity index (χ0n) is 10.5. The predicted octanol–water partition coefficient (Wildman–Crippen LogP) is 0.683. The molecule has 0 aliphatic rings. The zero-order chi connectivity index (χ0) is 12.9. The van der Waals surface area contributed by atoms with Crippen LogP contribution in [0.2, 0.25) is 0 Å². The highest BCUT2D eigenvalue weighted by Gasteiger charge is 2.24. The van der Waals surface area contributed by atoms with Crippen molar-refractivity contribution in [3.8, 4) is 0 Å². The van der Waals surface area contributed by atoms with Gasteiger partial charge in [0.25, 0.3) is 0 Å². The lowest BCUT2D eigenvalue weighted by molar-refractivity contribution is -0.137. The van der Waals surface area contributed by atoms with Crippen LogP contribution in [0.15, 0.2) is 0 Å². The molecule has 0 bridgehead atoms. The minimum absolute atomic E-state index is 0.0722. The highest BCUT2D eigenvalue weighted by molar-refractivity contribution is 5.76. The van der Waals surface area contributed by atoms with Gasteiger partial charge in [0, 0.05) is 24.5 Å². The van der Waals surface area contributed by atoms with Gasteiger partial charge in [-0.3, -0.25) is 14.5 Å². The van der Waals surface area contributed by atoms with E-state index in [1.807, 2.05) is 25.7 Å². The number of primary amides is 1. The summed E-state index contributed by atoms with van der Waals surface area (Å²) in [5.41, 5.74) is 5.03. The molecule has 1 amide bonds. The quantitative estimate of drug-likeness (QED) is 0.703. The Labute approximate surface area is 96.6 Å². The Balaban J connectivity index is 4.44. The van der Waals surface area contributed by atoms with E-state index >= 15 is 0 Å². The lowest BCUT2D eigenvalue weighted by Gasteiger charge is -2.36. The van der Waals surface area contributed by atoms with Crippen molar-refractivity contribution in [3.63, 3.8) is 0 Å². The van der Waals surface area contributed by atoms with Crippen LogP contribution >= 0.6 is 0 Å². The Morgan fingerprint density at radius 2 is 1.88 bits per heavy atom. The fourth-order valence-corrected chi connectivity index (χ4v) is 1.35. The van der Waals surface area contributed by atoms with Crippen LogP contribution in [0.4, 0.5) is 0 Å². The number of rotatable bonds is 6. The molecular weight excluding hydrogens is 208 g/mol. The Hall–Kier alpha value is -1.10. The molecule has 0 saturated carbocycles. The summed E-state index contributed by atoms with van der Waals surface area (Å²) in [7, 11) is 0. The summed E-state index contributed by atoms with van der Waals surface area (Å²) < 4.78 is 0. The maximum atomic E-state index is 11.0. The van der Waals surface area contributed by atoms with Crippen molar-refractivity contribution in [1.82, 2.24) is 4.90 Å². The van der Waals surface area contributed by atoms with Crippen LogP contribution in [0.3, 0.4) is 0 Å². The molecule has 5 heteroatoms. The standard InChI is InChI=1S/C11H22N2O3/c1-8(10(12)16)7-13(11(2,3)4)6-5-9(14)15/h8H,5-7H2,1-4H3,(H2,12,16)(H,14,15). The maximum Gasteiger partial charge on any atom is 0.304 e. The number of carboxylic acids is 1. The lowest BCUT2D eigenvalue weighted by atomic mass is 10.0. The normalized spacial score (nSPS) is 13.8. The van der Waals surface area contributed by atoms with E-state index in [0.717, 1.165) is 0 Å². The molecular formula is C11H22N2O3. The van der Waals surface area contributed by atoms with Gasteiger partial charge in [-0.15, -0.1) is 0 Å². The molecule has 0 fully saturated rings. The summed E-state index contributed by atoms with van der Waals surface area (Å²) >= 11 is 0. The third-order valence-electron chi connectivity index (χ3n) is 2.52. The van der Waals surface area contributed by atoms with E-state index in [1.54, 1.807) is 6.92 Å². The van der Waals surface area contributed by atoms with E-state index in [1.165, 1.54) is 0 Å². The van der Waals surface area contributed by atoms with Crippen molar-refractivity contribution >= 4 is 11.9 Å². The fourth-order valence-electron chi connectivity index (χ4n) is 1.35. The minimum atomic E-state index is -0.832. The Morgan fingerprint density at radius 1 is 1.38 bits per heavy atom. The first-order valence-electron chi connectivity index (χ1n) is 5.40. The number of aliphatic carboxylic acids is 1. The van der Waals surface area contributed by atoms with Gasteiger partial charge in [-0.1, -0.05) is 6.92 Å². The van der Waals surface area contributed by atoms with Crippen molar-refractivity contribution in [3.05, 3.63) is 0 Å². The van der Waals surface area contributed by atoms with Crippen molar-refractivity contribution in [1.29, 1.82) is 0 Å². The second-order valence-electron chi connectivity index (χ2n) is 5.06. The first-order chi connectivity index (χ1) is 7.14. The number of hydrogen-bond acceptors (Lipinski definition) is 3. The number of nitrogens with zero attached hydrogens (tertiary/aromatic N) is 1. The molecule has 5 nitrogen and oxygen atoms in total. The number of carbonyl (C=O) groups excluding carboxylic acids is 1. The van der Waals surface area contributed by atoms with Gasteiger partial charge in [-0.25, -0.2) is 0 Å². The van der Waals surface area contributed by atoms with Crippen LogP contribution in [0.1, 0.15) is 34.1 Å². The van der Waals surface area contributed by atoms with Crippen molar-refractivity contribution < 1.29 is 14.7 Å². The van der Waals surface area contributed by atoms with Gasteiger partial charge < -0.3 is 10.8 Å².